The molecule has 0 fully saturated rings. The van der Waals surface area contributed by atoms with E-state index in [1.807, 2.05) is 31.2 Å². The Bertz CT molecular complexity index is 2690. The van der Waals surface area contributed by atoms with Crippen molar-refractivity contribution in [2.24, 2.45) is 0 Å². The molecule has 2 N–H and O–H groups in total. The molecule has 290 valence electrons. The first-order chi connectivity index (χ1) is 27.5. The number of nitrogens with one attached hydrogen (secondary N) is 2. The van der Waals surface area contributed by atoms with Crippen molar-refractivity contribution in [3.8, 4) is 40.3 Å². The van der Waals surface area contributed by atoms with Crippen LogP contribution in [0, 0.1) is 19.7 Å². The summed E-state index contributed by atoms with van der Waals surface area (Å²) in [5.41, 5.74) is 4.94. The Morgan fingerprint density at radius 3 is 2.39 bits per heavy atom. The van der Waals surface area contributed by atoms with Crippen LogP contribution in [0.25, 0.3) is 28.1 Å². The monoisotopic (exact) mass is 788 g/mol. The smallest absolute Gasteiger partial charge is 0.322 e. The van der Waals surface area contributed by atoms with Crippen LogP contribution in [-0.4, -0.2) is 63.8 Å². The molecule has 14 nitrogen and oxygen atoms in total. The fraction of sp³-hybridized carbons (Fsp3) is 0.171. The summed E-state index contributed by atoms with van der Waals surface area (Å²) >= 11 is 0. The maximum Gasteiger partial charge on any atom is 0.322 e. The number of benzene rings is 3. The number of rotatable bonds is 14. The van der Waals surface area contributed by atoms with Gasteiger partial charge >= 0.3 is 6.01 Å². The molecule has 0 spiro atoms. The van der Waals surface area contributed by atoms with E-state index in [4.69, 9.17) is 19.2 Å². The van der Waals surface area contributed by atoms with E-state index >= 15 is 4.39 Å². The van der Waals surface area contributed by atoms with Crippen molar-refractivity contribution in [1.82, 2.24) is 29.5 Å². The van der Waals surface area contributed by atoms with Gasteiger partial charge < -0.3 is 29.4 Å². The molecule has 0 saturated heterocycles. The number of anilines is 2. The molecule has 0 aliphatic rings. The van der Waals surface area contributed by atoms with Crippen LogP contribution in [0.4, 0.5) is 15.9 Å². The summed E-state index contributed by atoms with van der Waals surface area (Å²) in [6.07, 6.45) is 4.14. The van der Waals surface area contributed by atoms with Crippen molar-refractivity contribution < 1.29 is 31.8 Å². The number of carbonyl (C=O) groups is 1. The van der Waals surface area contributed by atoms with Gasteiger partial charge in [-0.05, 0) is 61.9 Å². The second kappa shape index (κ2) is 16.4. The lowest BCUT2D eigenvalue weighted by atomic mass is 10.1. The summed E-state index contributed by atoms with van der Waals surface area (Å²) in [6, 6.07) is 23.3. The van der Waals surface area contributed by atoms with Crippen LogP contribution >= 0.6 is 0 Å². The topological polar surface area (TPSA) is 172 Å². The number of carbonyl (C=O) groups excluding carboxylic acids is 1. The Morgan fingerprint density at radius 2 is 1.67 bits per heavy atom. The molecule has 3 aromatic carbocycles. The van der Waals surface area contributed by atoms with Crippen molar-refractivity contribution in [3.05, 3.63) is 126 Å². The number of aryl methyl sites for hydroxylation is 2. The zero-order valence-corrected chi connectivity index (χ0v) is 32.2. The van der Waals surface area contributed by atoms with E-state index in [0.717, 1.165) is 11.3 Å². The Labute approximate surface area is 327 Å². The zero-order chi connectivity index (χ0) is 40.1. The highest BCUT2D eigenvalue weighted by molar-refractivity contribution is 7.91. The molecule has 0 saturated carbocycles. The van der Waals surface area contributed by atoms with Crippen molar-refractivity contribution in [2.75, 3.05) is 30.6 Å². The summed E-state index contributed by atoms with van der Waals surface area (Å²) in [6.45, 7) is 4.04. The first-order valence-electron chi connectivity index (χ1n) is 17.7. The Kier molecular flexibility index (Phi) is 11.0. The molecular weight excluding hydrogens is 752 g/mol. The first kappa shape index (κ1) is 38.3. The largest absolute Gasteiger partial charge is 0.497 e. The minimum Gasteiger partial charge on any atom is -0.497 e. The number of hydrogen-bond donors (Lipinski definition) is 2. The fourth-order valence-electron chi connectivity index (χ4n) is 6.18. The number of pyridine rings is 1. The van der Waals surface area contributed by atoms with Crippen molar-refractivity contribution in [2.45, 2.75) is 31.7 Å². The van der Waals surface area contributed by atoms with Gasteiger partial charge in [0.05, 0.1) is 48.0 Å². The molecule has 4 aromatic heterocycles. The molecule has 0 unspecified atom stereocenters. The molecule has 0 radical (unpaired) electrons. The standard InChI is InChI=1S/C41H37FN8O6S/c1-25-16-18-43-41(48-25)56-33-15-12-29(21-32(33)42)50-38(26(2)36-39(50)40(47-24-46-36)45-22-27-10-13-30(54-3)14-11-27)37-34(55-4)20-28(23-44-37)49-35(51)17-19-57(52,53)31-8-6-5-7-9-31/h5-16,18,20-21,23-24H,17,19,22H2,1-4H3,(H,49,51)(H,45,46,47). The number of aromatic nitrogens is 6. The van der Waals surface area contributed by atoms with Crippen molar-refractivity contribution >= 4 is 38.3 Å². The SMILES string of the molecule is COc1ccc(CNc2ncnc3c(C)c(-c4ncc(NC(=O)CCS(=O)(=O)c5ccccc5)cc4OC)n(-c4ccc(Oc5nccc(C)n5)c(F)c4)c23)cc1. The average molecular weight is 789 g/mol. The Hall–Kier alpha value is -6.94. The molecule has 0 aliphatic carbocycles. The second-order valence-corrected chi connectivity index (χ2v) is 14.9. The van der Waals surface area contributed by atoms with E-state index in [-0.39, 0.29) is 40.3 Å². The highest BCUT2D eigenvalue weighted by atomic mass is 32.2. The van der Waals surface area contributed by atoms with Crippen LogP contribution in [0.5, 0.6) is 23.3 Å². The first-order valence-corrected chi connectivity index (χ1v) is 19.3. The molecule has 7 rings (SSSR count). The average Bonchev–Trinajstić information content (AvgIpc) is 3.52. The van der Waals surface area contributed by atoms with Crippen LogP contribution < -0.4 is 24.8 Å². The quantitative estimate of drug-likeness (QED) is 0.113. The lowest BCUT2D eigenvalue weighted by Gasteiger charge is -2.17. The lowest BCUT2D eigenvalue weighted by molar-refractivity contribution is -0.115. The summed E-state index contributed by atoms with van der Waals surface area (Å²) in [7, 11) is -0.604. The minimum atomic E-state index is -3.67. The van der Waals surface area contributed by atoms with Gasteiger partial charge in [0.25, 0.3) is 0 Å². The van der Waals surface area contributed by atoms with Crippen molar-refractivity contribution in [1.29, 1.82) is 0 Å². The zero-order valence-electron chi connectivity index (χ0n) is 31.4. The molecule has 57 heavy (non-hydrogen) atoms. The minimum absolute atomic E-state index is 0.00181. The number of methoxy groups -OCH3 is 2. The van der Waals surface area contributed by atoms with Gasteiger partial charge in [0.15, 0.2) is 27.2 Å². The second-order valence-electron chi connectivity index (χ2n) is 12.8. The molecule has 0 atom stereocenters. The molecule has 16 heteroatoms. The Balaban J connectivity index is 1.27. The van der Waals surface area contributed by atoms with Crippen LogP contribution in [0.2, 0.25) is 0 Å². The van der Waals surface area contributed by atoms with Gasteiger partial charge in [-0.2, -0.15) is 0 Å². The van der Waals surface area contributed by atoms with Crippen LogP contribution in [0.1, 0.15) is 23.2 Å². The molecule has 4 heterocycles. The predicted molar refractivity (Wildman–Crippen MR) is 212 cm³/mol. The van der Waals surface area contributed by atoms with Gasteiger partial charge in [0.2, 0.25) is 5.91 Å². The molecule has 1 amide bonds. The van der Waals surface area contributed by atoms with E-state index in [1.165, 1.54) is 50.1 Å². The van der Waals surface area contributed by atoms with Crippen LogP contribution in [0.3, 0.4) is 0 Å². The van der Waals surface area contributed by atoms with Gasteiger partial charge in [-0.15, -0.1) is 0 Å². The number of halogens is 1. The third kappa shape index (κ3) is 8.35. The van der Waals surface area contributed by atoms with E-state index in [1.54, 1.807) is 55.0 Å². The van der Waals surface area contributed by atoms with Gasteiger partial charge in [0.1, 0.15) is 29.0 Å². The summed E-state index contributed by atoms with van der Waals surface area (Å²) < 4.78 is 60.1. The number of sulfone groups is 1. The van der Waals surface area contributed by atoms with E-state index in [0.29, 0.717) is 51.7 Å². The van der Waals surface area contributed by atoms with Gasteiger partial charge in [-0.3, -0.25) is 4.79 Å². The summed E-state index contributed by atoms with van der Waals surface area (Å²) in [4.78, 5) is 35.3. The van der Waals surface area contributed by atoms with Crippen molar-refractivity contribution in [3.63, 3.8) is 0 Å². The van der Waals surface area contributed by atoms with E-state index < -0.39 is 21.6 Å². The number of fused-ring (bicyclic) bond motifs is 1. The third-order valence-corrected chi connectivity index (χ3v) is 10.8. The lowest BCUT2D eigenvalue weighted by Crippen LogP contribution is -2.17. The van der Waals surface area contributed by atoms with Gasteiger partial charge in [0, 0.05) is 48.2 Å². The highest BCUT2D eigenvalue weighted by Crippen LogP contribution is 2.41. The van der Waals surface area contributed by atoms with Crippen LogP contribution in [0.15, 0.2) is 109 Å². The number of hydrogen-bond acceptors (Lipinski definition) is 12. The summed E-state index contributed by atoms with van der Waals surface area (Å²) in [5, 5.41) is 6.14. The molecule has 7 aromatic rings. The molecule has 0 bridgehead atoms. The number of nitrogens with zero attached hydrogens (tertiary/aromatic N) is 6. The normalized spacial score (nSPS) is 11.3. The maximum absolute atomic E-state index is 16.0. The van der Waals surface area contributed by atoms with Gasteiger partial charge in [-0.1, -0.05) is 30.3 Å². The van der Waals surface area contributed by atoms with E-state index in [2.05, 4.69) is 30.6 Å². The molecule has 0 aliphatic heterocycles. The summed E-state index contributed by atoms with van der Waals surface area (Å²) in [5.74, 6) is -0.196. The predicted octanol–water partition coefficient (Wildman–Crippen LogP) is 7.25. The number of amides is 1. The Morgan fingerprint density at radius 1 is 0.877 bits per heavy atom. The van der Waals surface area contributed by atoms with E-state index in [9.17, 15) is 13.2 Å². The van der Waals surface area contributed by atoms with Gasteiger partial charge in [-0.25, -0.2) is 37.7 Å². The maximum atomic E-state index is 16.0. The fourth-order valence-corrected chi connectivity index (χ4v) is 7.45. The third-order valence-electron chi connectivity index (χ3n) is 9.03. The molecular formula is C41H37FN8O6S. The highest BCUT2D eigenvalue weighted by Gasteiger charge is 2.26. The van der Waals surface area contributed by atoms with Crippen LogP contribution in [-0.2, 0) is 21.2 Å². The number of ether oxygens (including phenoxy) is 3.